The Hall–Kier alpha value is -0.0800. The molecule has 0 aromatic rings. The summed E-state index contributed by atoms with van der Waals surface area (Å²) in [5.74, 6) is 1.62. The van der Waals surface area contributed by atoms with Crippen molar-refractivity contribution in [3.05, 3.63) is 0 Å². The molecule has 124 valence electrons. The first kappa shape index (κ1) is 19.0. The van der Waals surface area contributed by atoms with Crippen LogP contribution in [-0.4, -0.2) is 74.7 Å². The third-order valence-corrected chi connectivity index (χ3v) is 3.99. The predicted molar refractivity (Wildman–Crippen MR) is 101 cm³/mol. The lowest BCUT2D eigenvalue weighted by atomic mass is 10.1. The molecule has 0 aromatic carbocycles. The molecular weight excluding hydrogens is 377 g/mol. The second kappa shape index (κ2) is 9.84. The molecule has 0 spiro atoms. The summed E-state index contributed by atoms with van der Waals surface area (Å²) in [5.41, 5.74) is 0. The van der Waals surface area contributed by atoms with Crippen molar-refractivity contribution >= 4 is 29.9 Å². The van der Waals surface area contributed by atoms with E-state index < -0.39 is 0 Å². The lowest BCUT2D eigenvalue weighted by molar-refractivity contribution is 0.140. The van der Waals surface area contributed by atoms with E-state index in [4.69, 9.17) is 4.99 Å². The topological polar surface area (TPSA) is 42.9 Å². The van der Waals surface area contributed by atoms with Crippen LogP contribution in [-0.2, 0) is 0 Å². The van der Waals surface area contributed by atoms with Crippen LogP contribution in [0.5, 0.6) is 0 Å². The number of piperazine rings is 1. The minimum Gasteiger partial charge on any atom is -0.357 e. The predicted octanol–water partition coefficient (Wildman–Crippen LogP) is 1.21. The summed E-state index contributed by atoms with van der Waals surface area (Å²) < 4.78 is 0. The Kier molecular flexibility index (Phi) is 8.89. The van der Waals surface area contributed by atoms with Gasteiger partial charge in [0.1, 0.15) is 0 Å². The van der Waals surface area contributed by atoms with Gasteiger partial charge in [0.2, 0.25) is 0 Å². The number of hydrogen-bond donors (Lipinski definition) is 2. The minimum atomic E-state index is 0. The largest absolute Gasteiger partial charge is 0.357 e. The Morgan fingerprint density at radius 1 is 1.24 bits per heavy atom. The van der Waals surface area contributed by atoms with Crippen LogP contribution in [0.4, 0.5) is 0 Å². The molecule has 1 heterocycles. The first-order valence-electron chi connectivity index (χ1n) is 8.13. The van der Waals surface area contributed by atoms with E-state index in [1.54, 1.807) is 0 Å². The second-order valence-electron chi connectivity index (χ2n) is 6.35. The first-order valence-corrected chi connectivity index (χ1v) is 8.13. The van der Waals surface area contributed by atoms with Gasteiger partial charge in [-0.1, -0.05) is 6.92 Å². The first-order chi connectivity index (χ1) is 9.67. The number of hydrogen-bond acceptors (Lipinski definition) is 3. The molecule has 1 atom stereocenters. The summed E-state index contributed by atoms with van der Waals surface area (Å²) in [6, 6.07) is 0.667. The molecule has 0 radical (unpaired) electrons. The summed E-state index contributed by atoms with van der Waals surface area (Å²) in [5, 5.41) is 6.81. The highest BCUT2D eigenvalue weighted by molar-refractivity contribution is 14.0. The van der Waals surface area contributed by atoms with Gasteiger partial charge in [0.15, 0.2) is 5.96 Å². The summed E-state index contributed by atoms with van der Waals surface area (Å²) in [4.78, 5) is 9.71. The molecule has 0 aromatic heterocycles. The molecule has 2 aliphatic rings. The van der Waals surface area contributed by atoms with Gasteiger partial charge in [-0.3, -0.25) is 4.99 Å². The number of aliphatic imine (C=N–C) groups is 1. The lowest BCUT2D eigenvalue weighted by Crippen LogP contribution is -2.46. The number of nitrogens with one attached hydrogen (secondary N) is 2. The lowest BCUT2D eigenvalue weighted by Gasteiger charge is -2.33. The van der Waals surface area contributed by atoms with Gasteiger partial charge in [0.05, 0.1) is 0 Å². The maximum atomic E-state index is 4.73. The Morgan fingerprint density at radius 2 is 1.90 bits per heavy atom. The smallest absolute Gasteiger partial charge is 0.191 e. The fourth-order valence-electron chi connectivity index (χ4n) is 2.52. The number of guanidine groups is 1. The molecule has 5 nitrogen and oxygen atoms in total. The fourth-order valence-corrected chi connectivity index (χ4v) is 2.52. The third kappa shape index (κ3) is 7.65. The van der Waals surface area contributed by atoms with E-state index in [9.17, 15) is 0 Å². The minimum absolute atomic E-state index is 0. The Morgan fingerprint density at radius 3 is 2.48 bits per heavy atom. The number of likely N-dealkylation sites (N-methyl/N-ethyl adjacent to an activating group) is 1. The normalized spacial score (nSPS) is 22.5. The van der Waals surface area contributed by atoms with Crippen molar-refractivity contribution in [1.29, 1.82) is 0 Å². The molecule has 1 saturated heterocycles. The average molecular weight is 409 g/mol. The van der Waals surface area contributed by atoms with Crippen molar-refractivity contribution in [3.63, 3.8) is 0 Å². The third-order valence-electron chi connectivity index (χ3n) is 3.99. The number of nitrogens with zero attached hydrogens (tertiary/aromatic N) is 3. The number of halogens is 1. The van der Waals surface area contributed by atoms with E-state index in [0.717, 1.165) is 19.0 Å². The van der Waals surface area contributed by atoms with E-state index in [1.165, 1.54) is 45.6 Å². The highest BCUT2D eigenvalue weighted by Crippen LogP contribution is 2.18. The van der Waals surface area contributed by atoms with Crippen LogP contribution in [0, 0.1) is 5.92 Å². The Bertz CT molecular complexity index is 311. The van der Waals surface area contributed by atoms with Crippen LogP contribution in [0.2, 0.25) is 0 Å². The van der Waals surface area contributed by atoms with Gasteiger partial charge in [-0.25, -0.2) is 0 Å². The molecule has 0 bridgehead atoms. The molecule has 2 rings (SSSR count). The van der Waals surface area contributed by atoms with E-state index in [2.05, 4.69) is 41.3 Å². The fraction of sp³-hybridized carbons (Fsp3) is 0.933. The molecule has 21 heavy (non-hydrogen) atoms. The zero-order valence-corrected chi connectivity index (χ0v) is 16.1. The molecule has 2 fully saturated rings. The zero-order valence-electron chi connectivity index (χ0n) is 13.8. The molecule has 1 aliphatic carbocycles. The van der Waals surface area contributed by atoms with Crippen molar-refractivity contribution < 1.29 is 0 Å². The van der Waals surface area contributed by atoms with Gasteiger partial charge >= 0.3 is 0 Å². The summed E-state index contributed by atoms with van der Waals surface area (Å²) in [6.45, 7) is 12.2. The standard InChI is InChI=1S/C15H31N5.HI/c1-4-16-15(18-14-5-6-14)17-11-13(2)12-20-9-7-19(3)8-10-20;/h13-14H,4-12H2,1-3H3,(H2,16,17,18);1H. The summed E-state index contributed by atoms with van der Waals surface area (Å²) >= 11 is 0. The van der Waals surface area contributed by atoms with Gasteiger partial charge in [-0.2, -0.15) is 0 Å². The van der Waals surface area contributed by atoms with E-state index in [1.807, 2.05) is 0 Å². The van der Waals surface area contributed by atoms with Crippen LogP contribution in [0.15, 0.2) is 4.99 Å². The second-order valence-corrected chi connectivity index (χ2v) is 6.35. The van der Waals surface area contributed by atoms with E-state index in [-0.39, 0.29) is 24.0 Å². The van der Waals surface area contributed by atoms with Crippen LogP contribution in [0.3, 0.4) is 0 Å². The molecular formula is C15H32IN5. The quantitative estimate of drug-likeness (QED) is 0.393. The summed E-state index contributed by atoms with van der Waals surface area (Å²) in [6.07, 6.45) is 2.59. The highest BCUT2D eigenvalue weighted by atomic mass is 127. The monoisotopic (exact) mass is 409 g/mol. The molecule has 1 unspecified atom stereocenters. The molecule has 0 amide bonds. The maximum Gasteiger partial charge on any atom is 0.191 e. The van der Waals surface area contributed by atoms with Crippen LogP contribution < -0.4 is 10.6 Å². The Labute approximate surface area is 146 Å². The van der Waals surface area contributed by atoms with Crippen molar-refractivity contribution in [1.82, 2.24) is 20.4 Å². The van der Waals surface area contributed by atoms with Gasteiger partial charge in [0.25, 0.3) is 0 Å². The zero-order chi connectivity index (χ0) is 14.4. The summed E-state index contributed by atoms with van der Waals surface area (Å²) in [7, 11) is 2.21. The van der Waals surface area contributed by atoms with Crippen LogP contribution in [0.25, 0.3) is 0 Å². The molecule has 2 N–H and O–H groups in total. The van der Waals surface area contributed by atoms with Gasteiger partial charge in [0, 0.05) is 51.9 Å². The molecule has 1 saturated carbocycles. The van der Waals surface area contributed by atoms with Gasteiger partial charge in [-0.15, -0.1) is 24.0 Å². The van der Waals surface area contributed by atoms with E-state index >= 15 is 0 Å². The SMILES string of the molecule is CCNC(=NCC(C)CN1CCN(C)CC1)NC1CC1.I. The van der Waals surface area contributed by atoms with Crippen molar-refractivity contribution in [2.24, 2.45) is 10.9 Å². The highest BCUT2D eigenvalue weighted by Gasteiger charge is 2.22. The van der Waals surface area contributed by atoms with Gasteiger partial charge in [-0.05, 0) is 32.7 Å². The molecule has 6 heteroatoms. The average Bonchev–Trinajstić information content (AvgIpc) is 3.23. The number of rotatable bonds is 6. The molecule has 1 aliphatic heterocycles. The van der Waals surface area contributed by atoms with Gasteiger partial charge < -0.3 is 20.4 Å². The van der Waals surface area contributed by atoms with Crippen LogP contribution in [0.1, 0.15) is 26.7 Å². The van der Waals surface area contributed by atoms with E-state index in [0.29, 0.717) is 12.0 Å². The van der Waals surface area contributed by atoms with Crippen molar-refractivity contribution in [3.8, 4) is 0 Å². The maximum absolute atomic E-state index is 4.73. The van der Waals surface area contributed by atoms with Crippen molar-refractivity contribution in [2.75, 3.05) is 52.9 Å². The van der Waals surface area contributed by atoms with Crippen LogP contribution >= 0.6 is 24.0 Å². The van der Waals surface area contributed by atoms with Crippen molar-refractivity contribution in [2.45, 2.75) is 32.7 Å². The Balaban J connectivity index is 0.00000220.